The van der Waals surface area contributed by atoms with Gasteiger partial charge in [-0.3, -0.25) is 9.68 Å². The second kappa shape index (κ2) is 4.61. The van der Waals surface area contributed by atoms with Crippen LogP contribution in [0.3, 0.4) is 0 Å². The van der Waals surface area contributed by atoms with E-state index in [9.17, 15) is 9.59 Å². The van der Waals surface area contributed by atoms with Crippen LogP contribution in [0.2, 0.25) is 0 Å². The van der Waals surface area contributed by atoms with E-state index in [4.69, 9.17) is 20.4 Å². The Hall–Kier alpha value is -1.10. The normalized spacial score (nSPS) is 38.9. The van der Waals surface area contributed by atoms with Crippen LogP contribution in [0.15, 0.2) is 0 Å². The van der Waals surface area contributed by atoms with E-state index in [1.165, 1.54) is 0 Å². The van der Waals surface area contributed by atoms with Gasteiger partial charge in [0.2, 0.25) is 6.29 Å². The zero-order chi connectivity index (χ0) is 11.6. The Bertz CT molecular complexity index is 263. The third-order valence-corrected chi connectivity index (χ3v) is 1.68. The van der Waals surface area contributed by atoms with Gasteiger partial charge in [-0.1, -0.05) is 0 Å². The van der Waals surface area contributed by atoms with Crippen molar-refractivity contribution >= 4 is 11.8 Å². The lowest BCUT2D eigenvalue weighted by molar-refractivity contribution is -0.527. The standard InChI is InChI=1S/C6H8O9/c7-1-2(8)4(10)6(12)14-15-13-5(11)3(1)9/h1-3,5,7-9,11H/t1-,2-,3+,5?/m0/s1. The summed E-state index contributed by atoms with van der Waals surface area (Å²) in [5, 5.41) is 39.7. The average molecular weight is 224 g/mol. The summed E-state index contributed by atoms with van der Waals surface area (Å²) in [5.74, 6) is -3.18. The molecule has 1 unspecified atom stereocenters. The third-order valence-electron chi connectivity index (χ3n) is 1.68. The number of aliphatic hydroxyl groups excluding tert-OH is 4. The summed E-state index contributed by atoms with van der Waals surface area (Å²) < 4.78 is 0. The number of hydrogen-bond acceptors (Lipinski definition) is 9. The highest BCUT2D eigenvalue weighted by Crippen LogP contribution is 2.10. The minimum absolute atomic E-state index is 1.54. The van der Waals surface area contributed by atoms with Crippen LogP contribution in [0.5, 0.6) is 0 Å². The van der Waals surface area contributed by atoms with Crippen LogP contribution < -0.4 is 0 Å². The molecule has 0 aromatic heterocycles. The number of Topliss-reactive ketones (excluding diaryl/α,β-unsaturated/α-hetero) is 1. The minimum Gasteiger partial charge on any atom is -0.387 e. The summed E-state index contributed by atoms with van der Waals surface area (Å²) >= 11 is 0. The number of carbonyl (C=O) groups excluding carboxylic acids is 2. The maximum absolute atomic E-state index is 10.9. The molecule has 1 aliphatic heterocycles. The molecule has 1 heterocycles. The van der Waals surface area contributed by atoms with Gasteiger partial charge in [-0.25, -0.2) is 4.79 Å². The summed E-state index contributed by atoms with van der Waals surface area (Å²) in [4.78, 5) is 29.1. The Morgan fingerprint density at radius 3 is 2.20 bits per heavy atom. The quantitative estimate of drug-likeness (QED) is 0.242. The molecule has 1 saturated heterocycles. The first-order chi connectivity index (χ1) is 6.95. The number of rotatable bonds is 0. The largest absolute Gasteiger partial charge is 0.414 e. The molecule has 0 saturated carbocycles. The van der Waals surface area contributed by atoms with E-state index in [0.29, 0.717) is 0 Å². The van der Waals surface area contributed by atoms with Crippen molar-refractivity contribution in [2.75, 3.05) is 0 Å². The highest BCUT2D eigenvalue weighted by atomic mass is 17.5. The van der Waals surface area contributed by atoms with Crippen molar-refractivity contribution in [1.82, 2.24) is 0 Å². The average Bonchev–Trinajstić information content (AvgIpc) is 2.25. The molecular weight excluding hydrogens is 216 g/mol. The molecule has 0 amide bonds. The zero-order valence-electron chi connectivity index (χ0n) is 7.14. The van der Waals surface area contributed by atoms with Crippen LogP contribution in [0.1, 0.15) is 0 Å². The topological polar surface area (TPSA) is 143 Å². The lowest BCUT2D eigenvalue weighted by Gasteiger charge is -2.21. The van der Waals surface area contributed by atoms with E-state index in [0.717, 1.165) is 0 Å². The van der Waals surface area contributed by atoms with Gasteiger partial charge < -0.3 is 20.4 Å². The Kier molecular flexibility index (Phi) is 3.68. The molecule has 1 fully saturated rings. The van der Waals surface area contributed by atoms with E-state index in [-0.39, 0.29) is 0 Å². The summed E-state index contributed by atoms with van der Waals surface area (Å²) in [6.45, 7) is 0. The van der Waals surface area contributed by atoms with E-state index in [2.05, 4.69) is 14.8 Å². The van der Waals surface area contributed by atoms with Crippen LogP contribution >= 0.6 is 0 Å². The molecular formula is C6H8O9. The van der Waals surface area contributed by atoms with E-state index < -0.39 is 36.4 Å². The Balaban J connectivity index is 2.86. The lowest BCUT2D eigenvalue weighted by atomic mass is 10.0. The van der Waals surface area contributed by atoms with Crippen molar-refractivity contribution in [2.24, 2.45) is 0 Å². The molecule has 0 bridgehead atoms. The van der Waals surface area contributed by atoms with Gasteiger partial charge in [0, 0.05) is 0 Å². The van der Waals surface area contributed by atoms with Crippen molar-refractivity contribution in [3.8, 4) is 0 Å². The molecule has 1 rings (SSSR count). The molecule has 86 valence electrons. The monoisotopic (exact) mass is 224 g/mol. The van der Waals surface area contributed by atoms with Crippen LogP contribution in [0.25, 0.3) is 0 Å². The summed E-state index contributed by atoms with van der Waals surface area (Å²) in [6.07, 6.45) is -8.49. The summed E-state index contributed by atoms with van der Waals surface area (Å²) in [5.41, 5.74) is 0. The van der Waals surface area contributed by atoms with Gasteiger partial charge in [0.1, 0.15) is 12.2 Å². The van der Waals surface area contributed by atoms with Crippen molar-refractivity contribution in [3.63, 3.8) is 0 Å². The number of carbonyl (C=O) groups is 2. The number of aliphatic hydroxyl groups is 4. The fraction of sp³-hybridized carbons (Fsp3) is 0.667. The van der Waals surface area contributed by atoms with Crippen LogP contribution in [-0.4, -0.2) is 56.8 Å². The molecule has 0 aromatic rings. The lowest BCUT2D eigenvalue weighted by Crippen LogP contribution is -2.48. The molecule has 0 aliphatic carbocycles. The molecule has 4 N–H and O–H groups in total. The zero-order valence-corrected chi connectivity index (χ0v) is 7.14. The van der Waals surface area contributed by atoms with Gasteiger partial charge in [0.05, 0.1) is 0 Å². The fourth-order valence-corrected chi connectivity index (χ4v) is 0.820. The third kappa shape index (κ3) is 2.47. The first-order valence-corrected chi connectivity index (χ1v) is 3.75. The first kappa shape index (κ1) is 12.0. The maximum atomic E-state index is 10.9. The van der Waals surface area contributed by atoms with E-state index in [1.54, 1.807) is 0 Å². The van der Waals surface area contributed by atoms with Gasteiger partial charge >= 0.3 is 5.97 Å². The Morgan fingerprint density at radius 1 is 1.00 bits per heavy atom. The van der Waals surface area contributed by atoms with Gasteiger partial charge in [0.15, 0.2) is 6.10 Å². The predicted molar refractivity (Wildman–Crippen MR) is 37.3 cm³/mol. The molecule has 0 aromatic carbocycles. The van der Waals surface area contributed by atoms with Crippen LogP contribution in [-0.2, 0) is 24.4 Å². The van der Waals surface area contributed by atoms with E-state index in [1.807, 2.05) is 0 Å². The molecule has 0 radical (unpaired) electrons. The maximum Gasteiger partial charge on any atom is 0.414 e. The van der Waals surface area contributed by atoms with Crippen LogP contribution in [0, 0.1) is 0 Å². The van der Waals surface area contributed by atoms with Crippen LogP contribution in [0.4, 0.5) is 0 Å². The molecule has 4 atom stereocenters. The highest BCUT2D eigenvalue weighted by molar-refractivity contribution is 6.35. The SMILES string of the molecule is O=C1OOOC(O)[C@H](O)[C@@H](O)[C@H](O)C1=O. The predicted octanol–water partition coefficient (Wildman–Crippen LogP) is -3.62. The summed E-state index contributed by atoms with van der Waals surface area (Å²) in [6, 6.07) is 0. The Labute approximate surface area is 82.3 Å². The second-order valence-electron chi connectivity index (χ2n) is 2.72. The fourth-order valence-electron chi connectivity index (χ4n) is 0.820. The Morgan fingerprint density at radius 2 is 1.60 bits per heavy atom. The molecule has 15 heavy (non-hydrogen) atoms. The van der Waals surface area contributed by atoms with Gasteiger partial charge in [-0.15, -0.1) is 0 Å². The second-order valence-corrected chi connectivity index (χ2v) is 2.72. The molecule has 0 spiro atoms. The smallest absolute Gasteiger partial charge is 0.387 e. The van der Waals surface area contributed by atoms with Gasteiger partial charge in [-0.05, 0) is 5.04 Å². The highest BCUT2D eigenvalue weighted by Gasteiger charge is 2.40. The molecule has 1 aliphatic rings. The van der Waals surface area contributed by atoms with Gasteiger partial charge in [-0.2, -0.15) is 4.89 Å². The number of hydrogen-bond donors (Lipinski definition) is 4. The van der Waals surface area contributed by atoms with E-state index >= 15 is 0 Å². The first-order valence-electron chi connectivity index (χ1n) is 3.75. The molecule has 9 nitrogen and oxygen atoms in total. The minimum atomic E-state index is -2.24. The van der Waals surface area contributed by atoms with Gasteiger partial charge in [0.25, 0.3) is 5.78 Å². The number of ketones is 1. The van der Waals surface area contributed by atoms with Crippen molar-refractivity contribution in [2.45, 2.75) is 24.6 Å². The summed E-state index contributed by atoms with van der Waals surface area (Å²) in [7, 11) is 0. The molecule has 9 heteroatoms. The van der Waals surface area contributed by atoms with Crippen molar-refractivity contribution in [1.29, 1.82) is 0 Å². The van der Waals surface area contributed by atoms with Crippen molar-refractivity contribution < 1.29 is 44.8 Å². The van der Waals surface area contributed by atoms with Crippen molar-refractivity contribution in [3.05, 3.63) is 0 Å².